The van der Waals surface area contributed by atoms with Crippen LogP contribution in [0.3, 0.4) is 0 Å². The highest BCUT2D eigenvalue weighted by atomic mass is 32.2. The van der Waals surface area contributed by atoms with E-state index in [4.69, 9.17) is 4.74 Å². The molecule has 4 rings (SSSR count). The van der Waals surface area contributed by atoms with Crippen molar-refractivity contribution in [3.8, 4) is 11.4 Å². The lowest BCUT2D eigenvalue weighted by molar-refractivity contribution is -0.127. The molecule has 0 radical (unpaired) electrons. The van der Waals surface area contributed by atoms with Crippen LogP contribution in [0.2, 0.25) is 0 Å². The van der Waals surface area contributed by atoms with Crippen LogP contribution in [-0.2, 0) is 22.6 Å². The predicted molar refractivity (Wildman–Crippen MR) is 123 cm³/mol. The fraction of sp³-hybridized carbons (Fsp3) is 0.375. The van der Waals surface area contributed by atoms with E-state index >= 15 is 0 Å². The van der Waals surface area contributed by atoms with Gasteiger partial charge in [0.15, 0.2) is 11.0 Å². The van der Waals surface area contributed by atoms with Crippen molar-refractivity contribution in [2.75, 3.05) is 19.4 Å². The molecule has 0 saturated carbocycles. The lowest BCUT2D eigenvalue weighted by Crippen LogP contribution is -2.28. The normalized spacial score (nSPS) is 15.8. The summed E-state index contributed by atoms with van der Waals surface area (Å²) in [7, 11) is 1.82. The van der Waals surface area contributed by atoms with Gasteiger partial charge in [-0.3, -0.25) is 9.36 Å². The molecule has 1 saturated heterocycles. The maximum absolute atomic E-state index is 13.4. The first-order valence-corrected chi connectivity index (χ1v) is 11.7. The molecule has 2 heterocycles. The van der Waals surface area contributed by atoms with Crippen molar-refractivity contribution in [1.29, 1.82) is 0 Å². The number of hydrogen-bond donors (Lipinski definition) is 0. The van der Waals surface area contributed by atoms with Crippen LogP contribution in [-0.4, -0.2) is 51.1 Å². The quantitative estimate of drug-likeness (QED) is 0.475. The number of aryl methyl sites for hydroxylation is 1. The fourth-order valence-electron chi connectivity index (χ4n) is 3.73. The summed E-state index contributed by atoms with van der Waals surface area (Å²) in [4.78, 5) is 14.5. The third-order valence-electron chi connectivity index (χ3n) is 5.65. The smallest absolute Gasteiger partial charge is 0.233 e. The molecule has 1 atom stereocenters. The van der Waals surface area contributed by atoms with Gasteiger partial charge in [-0.1, -0.05) is 36.0 Å². The van der Waals surface area contributed by atoms with Crippen LogP contribution in [0, 0.1) is 12.7 Å². The van der Waals surface area contributed by atoms with Crippen molar-refractivity contribution in [2.24, 2.45) is 0 Å². The first-order valence-electron chi connectivity index (χ1n) is 10.7. The average Bonchev–Trinajstić information content (AvgIpc) is 3.45. The summed E-state index contributed by atoms with van der Waals surface area (Å²) in [6.07, 6.45) is 2.09. The van der Waals surface area contributed by atoms with E-state index in [0.717, 1.165) is 30.6 Å². The van der Waals surface area contributed by atoms with Crippen LogP contribution in [0.4, 0.5) is 4.39 Å². The first kappa shape index (κ1) is 22.5. The minimum Gasteiger partial charge on any atom is -0.376 e. The standard InChI is InChI=1S/C24H27FN4O2S/c1-17-6-3-4-7-19(17)14-28(2)22(30)16-32-24-27-26-23(18-9-11-20(25)12-10-18)29(24)15-21-8-5-13-31-21/h3-4,6-7,9-12,21H,5,8,13-16H2,1-2H3. The second-order valence-electron chi connectivity index (χ2n) is 8.02. The van der Waals surface area contributed by atoms with Gasteiger partial charge >= 0.3 is 0 Å². The maximum atomic E-state index is 13.4. The molecular formula is C24H27FN4O2S. The average molecular weight is 455 g/mol. The lowest BCUT2D eigenvalue weighted by atomic mass is 10.1. The molecular weight excluding hydrogens is 427 g/mol. The topological polar surface area (TPSA) is 60.2 Å². The third-order valence-corrected chi connectivity index (χ3v) is 6.60. The predicted octanol–water partition coefficient (Wildman–Crippen LogP) is 4.32. The number of carbonyl (C=O) groups is 1. The van der Waals surface area contributed by atoms with Crippen molar-refractivity contribution in [3.63, 3.8) is 0 Å². The number of amides is 1. The third kappa shape index (κ3) is 5.37. The molecule has 8 heteroatoms. The summed E-state index contributed by atoms with van der Waals surface area (Å²) >= 11 is 1.37. The van der Waals surface area contributed by atoms with Gasteiger partial charge in [0, 0.05) is 25.8 Å². The minimum absolute atomic E-state index is 0.0215. The largest absolute Gasteiger partial charge is 0.376 e. The molecule has 1 amide bonds. The van der Waals surface area contributed by atoms with Gasteiger partial charge in [-0.05, 0) is 55.2 Å². The minimum atomic E-state index is -0.296. The second-order valence-corrected chi connectivity index (χ2v) is 8.97. The van der Waals surface area contributed by atoms with E-state index in [0.29, 0.717) is 24.1 Å². The Hall–Kier alpha value is -2.71. The van der Waals surface area contributed by atoms with Crippen molar-refractivity contribution < 1.29 is 13.9 Å². The van der Waals surface area contributed by atoms with Crippen molar-refractivity contribution in [2.45, 2.75) is 44.1 Å². The van der Waals surface area contributed by atoms with Gasteiger partial charge in [0.05, 0.1) is 18.4 Å². The van der Waals surface area contributed by atoms with E-state index in [2.05, 4.69) is 10.2 Å². The van der Waals surface area contributed by atoms with E-state index < -0.39 is 0 Å². The molecule has 0 N–H and O–H groups in total. The maximum Gasteiger partial charge on any atom is 0.233 e. The van der Waals surface area contributed by atoms with Gasteiger partial charge in [-0.2, -0.15) is 0 Å². The monoisotopic (exact) mass is 454 g/mol. The van der Waals surface area contributed by atoms with Crippen LogP contribution in [0.15, 0.2) is 53.7 Å². The van der Waals surface area contributed by atoms with Crippen LogP contribution in [0.25, 0.3) is 11.4 Å². The van der Waals surface area contributed by atoms with E-state index in [1.54, 1.807) is 17.0 Å². The Morgan fingerprint density at radius 2 is 2.00 bits per heavy atom. The Kier molecular flexibility index (Phi) is 7.22. The highest BCUT2D eigenvalue weighted by Crippen LogP contribution is 2.27. The SMILES string of the molecule is Cc1ccccc1CN(C)C(=O)CSc1nnc(-c2ccc(F)cc2)n1CC1CCCO1. The Balaban J connectivity index is 1.48. The highest BCUT2D eigenvalue weighted by Gasteiger charge is 2.23. The molecule has 0 aliphatic carbocycles. The molecule has 1 aliphatic rings. The van der Waals surface area contributed by atoms with E-state index in [-0.39, 0.29) is 23.6 Å². The van der Waals surface area contributed by atoms with Crippen LogP contribution >= 0.6 is 11.8 Å². The molecule has 2 aromatic carbocycles. The van der Waals surface area contributed by atoms with Crippen LogP contribution in [0.5, 0.6) is 0 Å². The Morgan fingerprint density at radius 3 is 2.72 bits per heavy atom. The van der Waals surface area contributed by atoms with Gasteiger partial charge < -0.3 is 9.64 Å². The van der Waals surface area contributed by atoms with Gasteiger partial charge in [-0.25, -0.2) is 4.39 Å². The molecule has 1 aromatic heterocycles. The van der Waals surface area contributed by atoms with Gasteiger partial charge in [0.1, 0.15) is 5.82 Å². The van der Waals surface area contributed by atoms with Gasteiger partial charge in [0.25, 0.3) is 0 Å². The summed E-state index contributed by atoms with van der Waals surface area (Å²) in [6, 6.07) is 14.3. The second kappa shape index (κ2) is 10.3. The number of rotatable bonds is 8. The van der Waals surface area contributed by atoms with Crippen LogP contribution in [0.1, 0.15) is 24.0 Å². The Morgan fingerprint density at radius 1 is 1.22 bits per heavy atom. The molecule has 1 unspecified atom stereocenters. The molecule has 0 spiro atoms. The Labute approximate surface area is 191 Å². The van der Waals surface area contributed by atoms with Gasteiger partial charge in [0.2, 0.25) is 5.91 Å². The van der Waals surface area contributed by atoms with E-state index in [1.807, 2.05) is 42.8 Å². The number of thioether (sulfide) groups is 1. The summed E-state index contributed by atoms with van der Waals surface area (Å²) < 4.78 is 21.2. The number of ether oxygens (including phenoxy) is 1. The number of aromatic nitrogens is 3. The molecule has 1 aliphatic heterocycles. The highest BCUT2D eigenvalue weighted by molar-refractivity contribution is 7.99. The zero-order valence-electron chi connectivity index (χ0n) is 18.3. The molecule has 32 heavy (non-hydrogen) atoms. The molecule has 1 fully saturated rings. The van der Waals surface area contributed by atoms with Crippen molar-refractivity contribution >= 4 is 17.7 Å². The number of benzene rings is 2. The fourth-order valence-corrected chi connectivity index (χ4v) is 4.62. The number of nitrogens with zero attached hydrogens (tertiary/aromatic N) is 4. The summed E-state index contributed by atoms with van der Waals surface area (Å²) in [5.74, 6) is 0.642. The van der Waals surface area contributed by atoms with E-state index in [1.165, 1.54) is 29.5 Å². The number of hydrogen-bond acceptors (Lipinski definition) is 5. The first-order chi connectivity index (χ1) is 15.5. The summed E-state index contributed by atoms with van der Waals surface area (Å²) in [5, 5.41) is 9.36. The molecule has 168 valence electrons. The molecule has 3 aromatic rings. The zero-order chi connectivity index (χ0) is 22.5. The van der Waals surface area contributed by atoms with Crippen molar-refractivity contribution in [3.05, 3.63) is 65.5 Å². The van der Waals surface area contributed by atoms with Crippen LogP contribution < -0.4 is 0 Å². The van der Waals surface area contributed by atoms with Crippen molar-refractivity contribution in [1.82, 2.24) is 19.7 Å². The zero-order valence-corrected chi connectivity index (χ0v) is 19.1. The summed E-state index contributed by atoms with van der Waals surface area (Å²) in [5.41, 5.74) is 3.08. The van der Waals surface area contributed by atoms with E-state index in [9.17, 15) is 9.18 Å². The van der Waals surface area contributed by atoms with Gasteiger partial charge in [-0.15, -0.1) is 10.2 Å². The lowest BCUT2D eigenvalue weighted by Gasteiger charge is -2.19. The summed E-state index contributed by atoms with van der Waals surface area (Å²) in [6.45, 7) is 3.97. The molecule has 6 nitrogen and oxygen atoms in total. The molecule has 0 bridgehead atoms. The number of carbonyl (C=O) groups excluding carboxylic acids is 1. The Bertz CT molecular complexity index is 1060. The number of halogens is 1.